The van der Waals surface area contributed by atoms with Crippen molar-refractivity contribution in [1.29, 1.82) is 0 Å². The highest BCUT2D eigenvalue weighted by Crippen LogP contribution is 2.25. The summed E-state index contributed by atoms with van der Waals surface area (Å²) in [6.45, 7) is 2.07. The molecular formula is C11H20N4O. The molecule has 1 aromatic heterocycles. The quantitative estimate of drug-likeness (QED) is 0.767. The standard InChI is InChI=1S/C11H20N4O/c1-14-9-12-13-11(14)8-15(6-3-7-16)10-4-2-5-10/h9-10,16H,2-8H2,1H3. The van der Waals surface area contributed by atoms with Crippen LogP contribution in [0.25, 0.3) is 0 Å². The summed E-state index contributed by atoms with van der Waals surface area (Å²) in [5.41, 5.74) is 0. The summed E-state index contributed by atoms with van der Waals surface area (Å²) in [6, 6.07) is 0.684. The molecule has 0 spiro atoms. The number of aliphatic hydroxyl groups excluding tert-OH is 1. The van der Waals surface area contributed by atoms with Crippen molar-refractivity contribution in [2.24, 2.45) is 7.05 Å². The highest BCUT2D eigenvalue weighted by Gasteiger charge is 2.25. The minimum absolute atomic E-state index is 0.266. The normalized spacial score (nSPS) is 16.7. The largest absolute Gasteiger partial charge is 0.396 e. The van der Waals surface area contributed by atoms with E-state index in [1.165, 1.54) is 19.3 Å². The fourth-order valence-electron chi connectivity index (χ4n) is 2.05. The monoisotopic (exact) mass is 224 g/mol. The van der Waals surface area contributed by atoms with E-state index in [4.69, 9.17) is 5.11 Å². The molecule has 16 heavy (non-hydrogen) atoms. The molecule has 0 aromatic carbocycles. The van der Waals surface area contributed by atoms with Crippen molar-refractivity contribution in [3.8, 4) is 0 Å². The fourth-order valence-corrected chi connectivity index (χ4v) is 2.05. The van der Waals surface area contributed by atoms with Crippen molar-refractivity contribution in [2.45, 2.75) is 38.3 Å². The molecule has 1 fully saturated rings. The molecule has 5 heteroatoms. The molecule has 0 unspecified atom stereocenters. The SMILES string of the molecule is Cn1cnnc1CN(CCCO)C1CCC1. The molecule has 1 N–H and O–H groups in total. The summed E-state index contributed by atoms with van der Waals surface area (Å²) in [6.07, 6.45) is 6.47. The van der Waals surface area contributed by atoms with Gasteiger partial charge in [-0.1, -0.05) is 6.42 Å². The van der Waals surface area contributed by atoms with Crippen molar-refractivity contribution < 1.29 is 5.11 Å². The second-order valence-corrected chi connectivity index (χ2v) is 4.49. The van der Waals surface area contributed by atoms with E-state index < -0.39 is 0 Å². The highest BCUT2D eigenvalue weighted by atomic mass is 16.3. The molecule has 0 aliphatic heterocycles. The third kappa shape index (κ3) is 2.59. The Balaban J connectivity index is 1.93. The average molecular weight is 224 g/mol. The van der Waals surface area contributed by atoms with Gasteiger partial charge in [-0.25, -0.2) is 0 Å². The Hall–Kier alpha value is -0.940. The summed E-state index contributed by atoms with van der Waals surface area (Å²) in [5.74, 6) is 1.00. The first kappa shape index (κ1) is 11.5. The maximum absolute atomic E-state index is 8.91. The number of nitrogens with zero attached hydrogens (tertiary/aromatic N) is 4. The van der Waals surface area contributed by atoms with Crippen molar-refractivity contribution in [3.63, 3.8) is 0 Å². The van der Waals surface area contributed by atoms with E-state index in [0.717, 1.165) is 25.3 Å². The number of rotatable bonds is 6. The van der Waals surface area contributed by atoms with E-state index in [9.17, 15) is 0 Å². The zero-order valence-corrected chi connectivity index (χ0v) is 9.84. The first-order valence-corrected chi connectivity index (χ1v) is 5.99. The molecule has 1 saturated carbocycles. The Labute approximate surface area is 96.1 Å². The molecule has 0 atom stereocenters. The molecule has 5 nitrogen and oxygen atoms in total. The summed E-state index contributed by atoms with van der Waals surface area (Å²) in [7, 11) is 1.97. The molecule has 0 radical (unpaired) electrons. The molecule has 1 aliphatic rings. The second-order valence-electron chi connectivity index (χ2n) is 4.49. The van der Waals surface area contributed by atoms with Gasteiger partial charge in [-0.15, -0.1) is 10.2 Å². The molecule has 0 saturated heterocycles. The summed E-state index contributed by atoms with van der Waals surface area (Å²) in [5, 5.41) is 16.9. The van der Waals surface area contributed by atoms with Crippen LogP contribution in [0.4, 0.5) is 0 Å². The van der Waals surface area contributed by atoms with Gasteiger partial charge in [0.1, 0.15) is 12.2 Å². The molecule has 1 aliphatic carbocycles. The predicted molar refractivity (Wildman–Crippen MR) is 60.8 cm³/mol. The van der Waals surface area contributed by atoms with Crippen LogP contribution in [0.3, 0.4) is 0 Å². The maximum atomic E-state index is 8.91. The Morgan fingerprint density at radius 1 is 1.56 bits per heavy atom. The summed E-state index contributed by atoms with van der Waals surface area (Å²) in [4.78, 5) is 2.42. The Kier molecular flexibility index (Phi) is 3.90. The molecule has 2 rings (SSSR count). The lowest BCUT2D eigenvalue weighted by Crippen LogP contribution is -2.41. The molecule has 0 bridgehead atoms. The molecule has 0 amide bonds. The van der Waals surface area contributed by atoms with E-state index in [0.29, 0.717) is 6.04 Å². The van der Waals surface area contributed by atoms with Gasteiger partial charge in [-0.2, -0.15) is 0 Å². The molecule has 1 aromatic rings. The minimum atomic E-state index is 0.266. The van der Waals surface area contributed by atoms with Crippen molar-refractivity contribution in [1.82, 2.24) is 19.7 Å². The number of hydrogen-bond acceptors (Lipinski definition) is 4. The van der Waals surface area contributed by atoms with E-state index in [-0.39, 0.29) is 6.61 Å². The average Bonchev–Trinajstić information content (AvgIpc) is 2.58. The Morgan fingerprint density at radius 2 is 2.38 bits per heavy atom. The van der Waals surface area contributed by atoms with Crippen molar-refractivity contribution in [3.05, 3.63) is 12.2 Å². The van der Waals surface area contributed by atoms with Gasteiger partial charge >= 0.3 is 0 Å². The topological polar surface area (TPSA) is 54.2 Å². The van der Waals surface area contributed by atoms with Crippen LogP contribution in [0.1, 0.15) is 31.5 Å². The molecule has 90 valence electrons. The Bertz CT molecular complexity index is 322. The molecule has 1 heterocycles. The van der Waals surface area contributed by atoms with Crippen LogP contribution in [-0.2, 0) is 13.6 Å². The third-order valence-electron chi connectivity index (χ3n) is 3.34. The van der Waals surface area contributed by atoms with E-state index >= 15 is 0 Å². The van der Waals surface area contributed by atoms with E-state index in [1.54, 1.807) is 6.33 Å². The minimum Gasteiger partial charge on any atom is -0.396 e. The van der Waals surface area contributed by atoms with Crippen LogP contribution >= 0.6 is 0 Å². The fraction of sp³-hybridized carbons (Fsp3) is 0.818. The van der Waals surface area contributed by atoms with E-state index in [2.05, 4.69) is 15.1 Å². The Morgan fingerprint density at radius 3 is 2.88 bits per heavy atom. The van der Waals surface area contributed by atoms with Crippen LogP contribution in [0.2, 0.25) is 0 Å². The lowest BCUT2D eigenvalue weighted by molar-refractivity contribution is 0.105. The van der Waals surface area contributed by atoms with Crippen molar-refractivity contribution in [2.75, 3.05) is 13.2 Å². The lowest BCUT2D eigenvalue weighted by Gasteiger charge is -2.37. The number of hydrogen-bond donors (Lipinski definition) is 1. The number of aryl methyl sites for hydroxylation is 1. The highest BCUT2D eigenvalue weighted by molar-refractivity contribution is 4.88. The van der Waals surface area contributed by atoms with Gasteiger partial charge in [0.15, 0.2) is 0 Å². The van der Waals surface area contributed by atoms with Gasteiger partial charge in [0.2, 0.25) is 0 Å². The second kappa shape index (κ2) is 5.41. The zero-order chi connectivity index (χ0) is 11.4. The van der Waals surface area contributed by atoms with Crippen LogP contribution in [0.5, 0.6) is 0 Å². The van der Waals surface area contributed by atoms with E-state index in [1.807, 2.05) is 11.6 Å². The van der Waals surface area contributed by atoms with Crippen LogP contribution in [0.15, 0.2) is 6.33 Å². The van der Waals surface area contributed by atoms with Crippen molar-refractivity contribution >= 4 is 0 Å². The summed E-state index contributed by atoms with van der Waals surface area (Å²) >= 11 is 0. The zero-order valence-electron chi connectivity index (χ0n) is 9.84. The third-order valence-corrected chi connectivity index (χ3v) is 3.34. The first-order chi connectivity index (χ1) is 7.81. The number of aliphatic hydroxyl groups is 1. The number of aromatic nitrogens is 3. The van der Waals surface area contributed by atoms with Gasteiger partial charge in [-0.05, 0) is 19.3 Å². The maximum Gasteiger partial charge on any atom is 0.146 e. The molecular weight excluding hydrogens is 204 g/mol. The predicted octanol–water partition coefficient (Wildman–Crippen LogP) is 0.552. The summed E-state index contributed by atoms with van der Waals surface area (Å²) < 4.78 is 1.96. The first-order valence-electron chi connectivity index (χ1n) is 5.99. The van der Waals surface area contributed by atoms with Gasteiger partial charge in [-0.3, -0.25) is 4.90 Å². The van der Waals surface area contributed by atoms with Gasteiger partial charge < -0.3 is 9.67 Å². The van der Waals surface area contributed by atoms with Gasteiger partial charge in [0.25, 0.3) is 0 Å². The van der Waals surface area contributed by atoms with Gasteiger partial charge in [0, 0.05) is 26.2 Å². The van der Waals surface area contributed by atoms with Crippen LogP contribution < -0.4 is 0 Å². The van der Waals surface area contributed by atoms with Gasteiger partial charge in [0.05, 0.1) is 6.54 Å². The van der Waals surface area contributed by atoms with Crippen LogP contribution in [-0.4, -0.2) is 44.0 Å². The lowest BCUT2D eigenvalue weighted by atomic mass is 9.91. The smallest absolute Gasteiger partial charge is 0.146 e. The van der Waals surface area contributed by atoms with Crippen LogP contribution in [0, 0.1) is 0 Å².